The molecule has 0 fully saturated rings. The van der Waals surface area contributed by atoms with Gasteiger partial charge in [-0.3, -0.25) is 4.79 Å². The van der Waals surface area contributed by atoms with E-state index in [9.17, 15) is 13.6 Å². The number of rotatable bonds is 7. The predicted molar refractivity (Wildman–Crippen MR) is 76.5 cm³/mol. The minimum absolute atomic E-state index is 0.0331. The van der Waals surface area contributed by atoms with Crippen LogP contribution in [0.4, 0.5) is 14.5 Å². The molecule has 2 unspecified atom stereocenters. The highest BCUT2D eigenvalue weighted by molar-refractivity contribution is 5.92. The van der Waals surface area contributed by atoms with Crippen molar-refractivity contribution in [2.75, 3.05) is 11.9 Å². The van der Waals surface area contributed by atoms with E-state index in [1.807, 2.05) is 6.92 Å². The van der Waals surface area contributed by atoms with Crippen LogP contribution in [0.1, 0.15) is 33.6 Å². The summed E-state index contributed by atoms with van der Waals surface area (Å²) < 4.78 is 26.7. The van der Waals surface area contributed by atoms with E-state index in [1.165, 1.54) is 6.07 Å². The lowest BCUT2D eigenvalue weighted by Gasteiger charge is -2.17. The molecule has 2 N–H and O–H groups in total. The second-order valence-corrected chi connectivity index (χ2v) is 5.18. The number of benzene rings is 1. The van der Waals surface area contributed by atoms with Crippen LogP contribution in [-0.4, -0.2) is 18.5 Å². The van der Waals surface area contributed by atoms with E-state index in [4.69, 9.17) is 0 Å². The van der Waals surface area contributed by atoms with Crippen molar-refractivity contribution in [1.29, 1.82) is 0 Å². The lowest BCUT2D eigenvalue weighted by Crippen LogP contribution is -2.35. The van der Waals surface area contributed by atoms with Gasteiger partial charge in [0.2, 0.25) is 5.91 Å². The Hall–Kier alpha value is -1.49. The molecule has 0 aliphatic heterocycles. The Labute approximate surface area is 118 Å². The van der Waals surface area contributed by atoms with Crippen LogP contribution in [0.5, 0.6) is 0 Å². The van der Waals surface area contributed by atoms with Gasteiger partial charge in [0.15, 0.2) is 0 Å². The molecular weight excluding hydrogens is 262 g/mol. The fourth-order valence-corrected chi connectivity index (χ4v) is 1.92. The molecule has 0 bridgehead atoms. The summed E-state index contributed by atoms with van der Waals surface area (Å²) in [5, 5.41) is 5.30. The van der Waals surface area contributed by atoms with Crippen LogP contribution in [0, 0.1) is 17.6 Å². The molecule has 0 aliphatic rings. The van der Waals surface area contributed by atoms with E-state index in [-0.39, 0.29) is 12.6 Å². The number of carbonyl (C=O) groups is 1. The van der Waals surface area contributed by atoms with Gasteiger partial charge in [-0.25, -0.2) is 8.78 Å². The van der Waals surface area contributed by atoms with E-state index in [1.54, 1.807) is 0 Å². The van der Waals surface area contributed by atoms with Crippen molar-refractivity contribution in [1.82, 2.24) is 5.32 Å². The Morgan fingerprint density at radius 1 is 1.25 bits per heavy atom. The van der Waals surface area contributed by atoms with Crippen LogP contribution in [0.25, 0.3) is 0 Å². The highest BCUT2D eigenvalue weighted by Gasteiger charge is 2.13. The van der Waals surface area contributed by atoms with Gasteiger partial charge in [-0.15, -0.1) is 0 Å². The average molecular weight is 284 g/mol. The Morgan fingerprint density at radius 3 is 2.40 bits per heavy atom. The van der Waals surface area contributed by atoms with Gasteiger partial charge in [-0.05, 0) is 31.4 Å². The van der Waals surface area contributed by atoms with Crippen LogP contribution < -0.4 is 10.6 Å². The van der Waals surface area contributed by atoms with Gasteiger partial charge < -0.3 is 10.6 Å². The molecule has 1 rings (SSSR count). The van der Waals surface area contributed by atoms with E-state index >= 15 is 0 Å². The maximum Gasteiger partial charge on any atom is 0.238 e. The SMILES string of the molecule is CCC(C)CC(C)NCC(=O)Nc1c(F)cccc1F. The van der Waals surface area contributed by atoms with Gasteiger partial charge in [0.05, 0.1) is 6.54 Å². The summed E-state index contributed by atoms with van der Waals surface area (Å²) in [5.74, 6) is -1.42. The van der Waals surface area contributed by atoms with Gasteiger partial charge in [-0.1, -0.05) is 26.3 Å². The van der Waals surface area contributed by atoms with Crippen molar-refractivity contribution in [2.45, 2.75) is 39.7 Å². The lowest BCUT2D eigenvalue weighted by molar-refractivity contribution is -0.115. The van der Waals surface area contributed by atoms with Gasteiger partial charge in [0.1, 0.15) is 17.3 Å². The molecule has 2 atom stereocenters. The van der Waals surface area contributed by atoms with Gasteiger partial charge in [0, 0.05) is 6.04 Å². The predicted octanol–water partition coefficient (Wildman–Crippen LogP) is 3.32. The number of halogens is 2. The van der Waals surface area contributed by atoms with E-state index < -0.39 is 23.2 Å². The molecule has 0 spiro atoms. The monoisotopic (exact) mass is 284 g/mol. The number of anilines is 1. The molecule has 20 heavy (non-hydrogen) atoms. The summed E-state index contributed by atoms with van der Waals surface area (Å²) >= 11 is 0. The normalized spacial score (nSPS) is 13.8. The molecule has 0 aliphatic carbocycles. The molecule has 0 aromatic heterocycles. The first-order chi connectivity index (χ1) is 9.43. The van der Waals surface area contributed by atoms with Crippen LogP contribution >= 0.6 is 0 Å². The summed E-state index contributed by atoms with van der Waals surface area (Å²) in [6, 6.07) is 3.66. The topological polar surface area (TPSA) is 41.1 Å². The Morgan fingerprint density at radius 2 is 1.85 bits per heavy atom. The second-order valence-electron chi connectivity index (χ2n) is 5.18. The molecule has 0 heterocycles. The van der Waals surface area contributed by atoms with Crippen molar-refractivity contribution >= 4 is 11.6 Å². The molecule has 1 amide bonds. The van der Waals surface area contributed by atoms with Gasteiger partial charge in [0.25, 0.3) is 0 Å². The molecule has 1 aromatic rings. The standard InChI is InChI=1S/C15H22F2N2O/c1-4-10(2)8-11(3)18-9-14(20)19-15-12(16)6-5-7-13(15)17/h5-7,10-11,18H,4,8-9H2,1-3H3,(H,19,20). The van der Waals surface area contributed by atoms with Crippen LogP contribution in [-0.2, 0) is 4.79 Å². The van der Waals surface area contributed by atoms with Crippen molar-refractivity contribution in [3.8, 4) is 0 Å². The maximum absolute atomic E-state index is 13.4. The van der Waals surface area contributed by atoms with Crippen LogP contribution in [0.15, 0.2) is 18.2 Å². The largest absolute Gasteiger partial charge is 0.320 e. The number of carbonyl (C=O) groups excluding carboxylic acids is 1. The molecule has 5 heteroatoms. The number of para-hydroxylation sites is 1. The summed E-state index contributed by atoms with van der Waals surface area (Å²) in [7, 11) is 0. The average Bonchev–Trinajstić information content (AvgIpc) is 2.40. The number of hydrogen-bond donors (Lipinski definition) is 2. The number of nitrogens with one attached hydrogen (secondary N) is 2. The minimum Gasteiger partial charge on any atom is -0.320 e. The fourth-order valence-electron chi connectivity index (χ4n) is 1.92. The molecule has 3 nitrogen and oxygen atoms in total. The maximum atomic E-state index is 13.4. The van der Waals surface area contributed by atoms with E-state index in [0.717, 1.165) is 25.0 Å². The quantitative estimate of drug-likeness (QED) is 0.806. The summed E-state index contributed by atoms with van der Waals surface area (Å²) in [4.78, 5) is 11.7. The van der Waals surface area contributed by atoms with E-state index in [2.05, 4.69) is 24.5 Å². The zero-order valence-corrected chi connectivity index (χ0v) is 12.2. The van der Waals surface area contributed by atoms with Crippen molar-refractivity contribution in [3.63, 3.8) is 0 Å². The van der Waals surface area contributed by atoms with Crippen molar-refractivity contribution in [2.24, 2.45) is 5.92 Å². The van der Waals surface area contributed by atoms with Crippen LogP contribution in [0.3, 0.4) is 0 Å². The smallest absolute Gasteiger partial charge is 0.238 e. The van der Waals surface area contributed by atoms with Crippen molar-refractivity contribution in [3.05, 3.63) is 29.8 Å². The second kappa shape index (κ2) is 7.94. The Kier molecular flexibility index (Phi) is 6.58. The molecule has 1 aromatic carbocycles. The van der Waals surface area contributed by atoms with Crippen molar-refractivity contribution < 1.29 is 13.6 Å². The Balaban J connectivity index is 2.44. The lowest BCUT2D eigenvalue weighted by atomic mass is 10.0. The third kappa shape index (κ3) is 5.25. The number of hydrogen-bond acceptors (Lipinski definition) is 2. The first-order valence-electron chi connectivity index (χ1n) is 6.91. The Bertz CT molecular complexity index is 431. The minimum atomic E-state index is -0.772. The third-order valence-electron chi connectivity index (χ3n) is 3.29. The fraction of sp³-hybridized carbons (Fsp3) is 0.533. The highest BCUT2D eigenvalue weighted by atomic mass is 19.1. The highest BCUT2D eigenvalue weighted by Crippen LogP contribution is 2.17. The zero-order chi connectivity index (χ0) is 15.1. The molecule has 0 radical (unpaired) electrons. The summed E-state index contributed by atoms with van der Waals surface area (Å²) in [5.41, 5.74) is -0.395. The van der Waals surface area contributed by atoms with Crippen LogP contribution in [0.2, 0.25) is 0 Å². The molecule has 0 saturated heterocycles. The molecular formula is C15H22F2N2O. The first kappa shape index (κ1) is 16.6. The zero-order valence-electron chi connectivity index (χ0n) is 12.2. The van der Waals surface area contributed by atoms with Gasteiger partial charge >= 0.3 is 0 Å². The van der Waals surface area contributed by atoms with Gasteiger partial charge in [-0.2, -0.15) is 0 Å². The van der Waals surface area contributed by atoms with E-state index in [0.29, 0.717) is 5.92 Å². The first-order valence-corrected chi connectivity index (χ1v) is 6.91. The number of amides is 1. The summed E-state index contributed by atoms with van der Waals surface area (Å²) in [6.45, 7) is 6.28. The summed E-state index contributed by atoms with van der Waals surface area (Å²) in [6.07, 6.45) is 2.04. The third-order valence-corrected chi connectivity index (χ3v) is 3.29. The molecule has 0 saturated carbocycles. The molecule has 112 valence electrons.